The Morgan fingerprint density at radius 3 is 2.45 bits per heavy atom. The zero-order valence-electron chi connectivity index (χ0n) is 23.9. The summed E-state index contributed by atoms with van der Waals surface area (Å²) < 4.78 is 7.88. The first-order chi connectivity index (χ1) is 21.1. The number of aliphatic hydroxyl groups is 1. The van der Waals surface area contributed by atoms with E-state index >= 15 is 0 Å². The predicted molar refractivity (Wildman–Crippen MR) is 164 cm³/mol. The molecular weight excluding hydrogens is 590 g/mol. The Hall–Kier alpha value is -4.46. The molecule has 1 fully saturated rings. The van der Waals surface area contributed by atoms with E-state index in [1.807, 2.05) is 0 Å². The van der Waals surface area contributed by atoms with E-state index in [-0.39, 0.29) is 5.52 Å². The molecule has 1 aliphatic rings. The number of aromatic nitrogens is 1. The summed E-state index contributed by atoms with van der Waals surface area (Å²) in [6.45, 7) is 5.32. The highest BCUT2D eigenvalue weighted by Gasteiger charge is 2.42. The zero-order chi connectivity index (χ0) is 31.3. The van der Waals surface area contributed by atoms with E-state index in [1.165, 1.54) is 34.0 Å². The van der Waals surface area contributed by atoms with Crippen LogP contribution in [0.15, 0.2) is 64.8 Å². The van der Waals surface area contributed by atoms with E-state index in [0.717, 1.165) is 45.6 Å². The van der Waals surface area contributed by atoms with E-state index in [0.29, 0.717) is 22.5 Å². The zero-order valence-corrected chi connectivity index (χ0v) is 24.7. The molecule has 3 heterocycles. The molecule has 232 valence electrons. The van der Waals surface area contributed by atoms with E-state index in [2.05, 4.69) is 39.4 Å². The number of piperazine rings is 1. The van der Waals surface area contributed by atoms with Gasteiger partial charge in [-0.2, -0.15) is 0 Å². The number of thiophene rings is 1. The summed E-state index contributed by atoms with van der Waals surface area (Å²) in [7, 11) is 0. The fourth-order valence-corrected chi connectivity index (χ4v) is 6.11. The number of anilines is 1. The van der Waals surface area contributed by atoms with Crippen molar-refractivity contribution in [2.45, 2.75) is 31.3 Å². The van der Waals surface area contributed by atoms with Crippen molar-refractivity contribution in [1.82, 2.24) is 9.63 Å². The maximum Gasteiger partial charge on any atom is 0.336 e. The number of pyridine rings is 1. The van der Waals surface area contributed by atoms with Crippen molar-refractivity contribution in [3.63, 3.8) is 0 Å². The smallest absolute Gasteiger partial charge is 0.336 e. The summed E-state index contributed by atoms with van der Waals surface area (Å²) in [6.07, 6.45) is -0.644. The van der Waals surface area contributed by atoms with Crippen LogP contribution in [0.5, 0.6) is 5.75 Å². The number of carboxylic acids is 2. The molecule has 0 amide bonds. The molecule has 2 aromatic heterocycles. The number of fused-ring (bicyclic) bond motifs is 2. The third-order valence-electron chi connectivity index (χ3n) is 7.62. The Bertz CT molecular complexity index is 1730. The van der Waals surface area contributed by atoms with Gasteiger partial charge in [0.25, 0.3) is 5.56 Å². The van der Waals surface area contributed by atoms with Crippen LogP contribution in [-0.2, 0) is 14.4 Å². The van der Waals surface area contributed by atoms with E-state index in [1.54, 1.807) is 23.5 Å². The third kappa shape index (κ3) is 7.18. The average Bonchev–Trinajstić information content (AvgIpc) is 3.48. The molecular formula is C31H33N3O9S. The Labute approximate surface area is 256 Å². The quantitative estimate of drug-likeness (QED) is 0.188. The Morgan fingerprint density at radius 2 is 1.70 bits per heavy atom. The summed E-state index contributed by atoms with van der Waals surface area (Å²) in [4.78, 5) is 57.3. The van der Waals surface area contributed by atoms with Gasteiger partial charge in [-0.25, -0.2) is 9.59 Å². The molecule has 4 aromatic rings. The topological polar surface area (TPSA) is 159 Å². The maximum atomic E-state index is 12.5. The normalized spacial score (nSPS) is 15.2. The number of carbonyl (C=O) groups is 3. The van der Waals surface area contributed by atoms with Gasteiger partial charge in [0.05, 0.1) is 25.0 Å². The molecule has 0 aliphatic carbocycles. The van der Waals surface area contributed by atoms with Crippen LogP contribution in [0.25, 0.3) is 21.0 Å². The summed E-state index contributed by atoms with van der Waals surface area (Å²) in [5.41, 5.74) is -2.12. The van der Waals surface area contributed by atoms with Crippen molar-refractivity contribution < 1.29 is 39.3 Å². The molecule has 1 unspecified atom stereocenters. The maximum absolute atomic E-state index is 12.5. The van der Waals surface area contributed by atoms with Gasteiger partial charge in [0.1, 0.15) is 5.75 Å². The molecule has 5 rings (SSSR count). The summed E-state index contributed by atoms with van der Waals surface area (Å²) in [5.74, 6) is -4.36. The lowest BCUT2D eigenvalue weighted by Crippen LogP contribution is -2.46. The Balaban J connectivity index is 1.12. The SMILES string of the molecule is O=C(O)CC(O)(CC(=O)On1c(=O)ccc2ccc(OCCCCN3CCN(c4cccc5sccc45)CC3)cc21)C(=O)O. The highest BCUT2D eigenvalue weighted by atomic mass is 32.1. The second-order valence-corrected chi connectivity index (χ2v) is 11.7. The molecule has 1 atom stereocenters. The van der Waals surface area contributed by atoms with Crippen LogP contribution < -0.4 is 20.0 Å². The summed E-state index contributed by atoms with van der Waals surface area (Å²) in [6, 6.07) is 16.3. The number of hydrogen-bond acceptors (Lipinski definition) is 10. The van der Waals surface area contributed by atoms with E-state index < -0.39 is 41.9 Å². The molecule has 1 aliphatic heterocycles. The first-order valence-corrected chi connectivity index (χ1v) is 15.1. The van der Waals surface area contributed by atoms with Crippen LogP contribution in [0, 0.1) is 0 Å². The number of ether oxygens (including phenoxy) is 1. The largest absolute Gasteiger partial charge is 0.494 e. The third-order valence-corrected chi connectivity index (χ3v) is 8.50. The van der Waals surface area contributed by atoms with Gasteiger partial charge in [-0.3, -0.25) is 14.5 Å². The van der Waals surface area contributed by atoms with Crippen molar-refractivity contribution in [3.05, 3.63) is 70.3 Å². The molecule has 3 N–H and O–H groups in total. The number of benzene rings is 2. The first-order valence-electron chi connectivity index (χ1n) is 14.2. The van der Waals surface area contributed by atoms with Gasteiger partial charge in [-0.1, -0.05) is 6.07 Å². The highest BCUT2D eigenvalue weighted by Crippen LogP contribution is 2.31. The monoisotopic (exact) mass is 623 g/mol. The molecule has 44 heavy (non-hydrogen) atoms. The second kappa shape index (κ2) is 13.5. The van der Waals surface area contributed by atoms with Gasteiger partial charge >= 0.3 is 17.9 Å². The summed E-state index contributed by atoms with van der Waals surface area (Å²) in [5, 5.41) is 32.3. The van der Waals surface area contributed by atoms with E-state index in [9.17, 15) is 29.4 Å². The number of carbonyl (C=O) groups excluding carboxylic acids is 1. The van der Waals surface area contributed by atoms with Crippen molar-refractivity contribution >= 4 is 55.9 Å². The molecule has 12 nitrogen and oxygen atoms in total. The van der Waals surface area contributed by atoms with Gasteiger partial charge in [-0.05, 0) is 61.2 Å². The second-order valence-electron chi connectivity index (χ2n) is 10.7. The minimum atomic E-state index is -2.89. The average molecular weight is 624 g/mol. The molecule has 0 saturated carbocycles. The molecule has 0 spiro atoms. The number of rotatable bonds is 13. The van der Waals surface area contributed by atoms with Crippen molar-refractivity contribution in [3.8, 4) is 5.75 Å². The molecule has 2 aromatic carbocycles. The number of hydrogen-bond donors (Lipinski definition) is 3. The van der Waals surface area contributed by atoms with Gasteiger partial charge in [0, 0.05) is 59.5 Å². The lowest BCUT2D eigenvalue weighted by atomic mass is 9.96. The van der Waals surface area contributed by atoms with Crippen LogP contribution >= 0.6 is 11.3 Å². The van der Waals surface area contributed by atoms with Crippen LogP contribution in [0.3, 0.4) is 0 Å². The van der Waals surface area contributed by atoms with Crippen molar-refractivity contribution in [1.29, 1.82) is 0 Å². The minimum Gasteiger partial charge on any atom is -0.494 e. The van der Waals surface area contributed by atoms with Crippen molar-refractivity contribution in [2.24, 2.45) is 0 Å². The number of nitrogens with zero attached hydrogens (tertiary/aromatic N) is 3. The fraction of sp³-hybridized carbons (Fsp3) is 0.355. The van der Waals surface area contributed by atoms with E-state index in [4.69, 9.17) is 14.7 Å². The Morgan fingerprint density at radius 1 is 0.932 bits per heavy atom. The molecule has 0 radical (unpaired) electrons. The van der Waals surface area contributed by atoms with Gasteiger partial charge in [-0.15, -0.1) is 16.1 Å². The number of unbranched alkanes of at least 4 members (excludes halogenated alkanes) is 1. The molecule has 0 bridgehead atoms. The predicted octanol–water partition coefficient (Wildman–Crippen LogP) is 2.83. The number of carboxylic acid groups (broad SMARTS) is 2. The number of aliphatic carboxylic acids is 2. The van der Waals surface area contributed by atoms with Crippen LogP contribution in [0.2, 0.25) is 0 Å². The lowest BCUT2D eigenvalue weighted by Gasteiger charge is -2.36. The first kappa shape index (κ1) is 31.0. The van der Waals surface area contributed by atoms with Crippen LogP contribution in [0.4, 0.5) is 5.69 Å². The lowest BCUT2D eigenvalue weighted by molar-refractivity contribution is -0.172. The molecule has 1 saturated heterocycles. The van der Waals surface area contributed by atoms with Crippen LogP contribution in [-0.4, -0.2) is 87.8 Å². The highest BCUT2D eigenvalue weighted by molar-refractivity contribution is 7.17. The summed E-state index contributed by atoms with van der Waals surface area (Å²) >= 11 is 1.76. The fourth-order valence-electron chi connectivity index (χ4n) is 5.30. The van der Waals surface area contributed by atoms with Crippen molar-refractivity contribution in [2.75, 3.05) is 44.2 Å². The van der Waals surface area contributed by atoms with Crippen LogP contribution in [0.1, 0.15) is 25.7 Å². The Kier molecular flexibility index (Phi) is 9.47. The van der Waals surface area contributed by atoms with Gasteiger partial charge in [0.15, 0.2) is 5.60 Å². The van der Waals surface area contributed by atoms with Gasteiger partial charge in [0.2, 0.25) is 0 Å². The molecule has 13 heteroatoms. The van der Waals surface area contributed by atoms with Gasteiger partial charge < -0.3 is 29.8 Å². The minimum absolute atomic E-state index is 0.191. The standard InChI is InChI=1S/C31H33N3O9S/c35-27-9-7-21-6-8-22(18-25(21)34(27)43-29(38)20-31(41,30(39)40)19-28(36)37)42-16-2-1-11-32-12-14-33(15-13-32)24-4-3-5-26-23(24)10-17-44-26/h3-10,17-18,41H,1-2,11-16,19-20H2,(H,36,37)(H,39,40).